The van der Waals surface area contributed by atoms with Gasteiger partial charge in [0.2, 0.25) is 10.0 Å². The first-order valence-corrected chi connectivity index (χ1v) is 12.5. The molecule has 0 bridgehead atoms. The molecule has 0 amide bonds. The van der Waals surface area contributed by atoms with Gasteiger partial charge < -0.3 is 10.3 Å². The minimum absolute atomic E-state index is 0.0801. The van der Waals surface area contributed by atoms with Crippen LogP contribution in [0.3, 0.4) is 0 Å². The largest absolute Gasteiger partial charge is 0.417 e. The van der Waals surface area contributed by atoms with Gasteiger partial charge in [-0.25, -0.2) is 18.4 Å². The van der Waals surface area contributed by atoms with Gasteiger partial charge in [-0.15, -0.1) is 0 Å². The Hall–Kier alpha value is -3.44. The van der Waals surface area contributed by atoms with Crippen molar-refractivity contribution in [3.63, 3.8) is 0 Å². The van der Waals surface area contributed by atoms with Crippen LogP contribution in [0.2, 0.25) is 0 Å². The summed E-state index contributed by atoms with van der Waals surface area (Å²) < 4.78 is 65.9. The van der Waals surface area contributed by atoms with E-state index in [1.807, 2.05) is 18.3 Å². The maximum Gasteiger partial charge on any atom is 0.417 e. The van der Waals surface area contributed by atoms with Gasteiger partial charge in [0.05, 0.1) is 10.5 Å². The number of aromatic nitrogens is 3. The molecule has 1 aliphatic heterocycles. The highest BCUT2D eigenvalue weighted by molar-refractivity contribution is 7.89. The third kappa shape index (κ3) is 4.73. The van der Waals surface area contributed by atoms with Crippen LogP contribution in [0.5, 0.6) is 0 Å². The number of nitrogens with one attached hydrogen (secondary N) is 2. The number of halogens is 3. The van der Waals surface area contributed by atoms with Crippen molar-refractivity contribution in [1.82, 2.24) is 19.3 Å². The quantitative estimate of drug-likeness (QED) is 0.406. The molecule has 0 aliphatic carbocycles. The molecule has 3 aromatic heterocycles. The molecule has 4 heterocycles. The molecule has 0 spiro atoms. The molecule has 1 aliphatic rings. The van der Waals surface area contributed by atoms with E-state index in [2.05, 4.69) is 20.3 Å². The van der Waals surface area contributed by atoms with Crippen molar-refractivity contribution in [2.75, 3.05) is 18.4 Å². The van der Waals surface area contributed by atoms with E-state index in [1.165, 1.54) is 10.4 Å². The van der Waals surface area contributed by atoms with Crippen molar-refractivity contribution in [3.05, 3.63) is 72.7 Å². The molecule has 1 aromatic carbocycles. The molecule has 1 saturated heterocycles. The van der Waals surface area contributed by atoms with E-state index in [0.717, 1.165) is 34.4 Å². The second kappa shape index (κ2) is 8.97. The lowest BCUT2D eigenvalue weighted by molar-refractivity contribution is -0.137. The predicted octanol–water partition coefficient (Wildman–Crippen LogP) is 4.91. The summed E-state index contributed by atoms with van der Waals surface area (Å²) in [6, 6.07) is 12.8. The molecule has 11 heteroatoms. The van der Waals surface area contributed by atoms with Gasteiger partial charge >= 0.3 is 6.18 Å². The molecule has 35 heavy (non-hydrogen) atoms. The average Bonchev–Trinajstić information content (AvgIpc) is 3.33. The summed E-state index contributed by atoms with van der Waals surface area (Å²) in [5, 5.41) is 4.06. The topological polar surface area (TPSA) is 91.0 Å². The summed E-state index contributed by atoms with van der Waals surface area (Å²) in [6.07, 6.45) is 0.906. The van der Waals surface area contributed by atoms with Crippen LogP contribution in [0.4, 0.5) is 19.0 Å². The predicted molar refractivity (Wildman–Crippen MR) is 126 cm³/mol. The second-order valence-electron chi connectivity index (χ2n) is 8.38. The first kappa shape index (κ1) is 23.3. The van der Waals surface area contributed by atoms with Crippen LogP contribution in [-0.2, 0) is 16.2 Å². The first-order chi connectivity index (χ1) is 16.7. The summed E-state index contributed by atoms with van der Waals surface area (Å²) in [7, 11) is -3.66. The highest BCUT2D eigenvalue weighted by Gasteiger charge is 2.32. The maximum atomic E-state index is 13.2. The van der Waals surface area contributed by atoms with Crippen LogP contribution in [-0.4, -0.2) is 46.8 Å². The molecule has 182 valence electrons. The molecule has 0 atom stereocenters. The third-order valence-corrected chi connectivity index (χ3v) is 8.07. The molecule has 2 N–H and O–H groups in total. The Morgan fingerprint density at radius 1 is 0.971 bits per heavy atom. The Kier molecular flexibility index (Phi) is 5.97. The number of benzene rings is 1. The van der Waals surface area contributed by atoms with Crippen molar-refractivity contribution in [3.8, 4) is 11.1 Å². The third-order valence-electron chi connectivity index (χ3n) is 6.16. The number of anilines is 1. The lowest BCUT2D eigenvalue weighted by Crippen LogP contribution is -2.42. The smallest absolute Gasteiger partial charge is 0.367 e. The van der Waals surface area contributed by atoms with Crippen LogP contribution in [0.25, 0.3) is 22.2 Å². The number of nitrogens with zero attached hydrogens (tertiary/aromatic N) is 3. The fourth-order valence-electron chi connectivity index (χ4n) is 4.26. The Morgan fingerprint density at radius 3 is 2.37 bits per heavy atom. The highest BCUT2D eigenvalue weighted by Crippen LogP contribution is 2.30. The van der Waals surface area contributed by atoms with Crippen LogP contribution in [0.1, 0.15) is 18.4 Å². The van der Waals surface area contributed by atoms with E-state index in [-0.39, 0.29) is 10.9 Å². The van der Waals surface area contributed by atoms with E-state index in [4.69, 9.17) is 0 Å². The number of aromatic amines is 1. The molecule has 7 nitrogen and oxygen atoms in total. The van der Waals surface area contributed by atoms with E-state index in [1.54, 1.807) is 30.5 Å². The lowest BCUT2D eigenvalue weighted by Gasteiger charge is -2.32. The molecular formula is C24H22F3N5O2S. The lowest BCUT2D eigenvalue weighted by atomic mass is 10.0. The Bertz CT molecular complexity index is 1430. The van der Waals surface area contributed by atoms with Crippen LogP contribution in [0, 0.1) is 0 Å². The number of pyridine rings is 2. The van der Waals surface area contributed by atoms with Gasteiger partial charge in [0.15, 0.2) is 0 Å². The number of hydrogen-bond donors (Lipinski definition) is 2. The monoisotopic (exact) mass is 501 g/mol. The van der Waals surface area contributed by atoms with E-state index in [0.29, 0.717) is 31.7 Å². The Balaban J connectivity index is 1.24. The van der Waals surface area contributed by atoms with Gasteiger partial charge in [0, 0.05) is 43.1 Å². The number of fused-ring (bicyclic) bond motifs is 1. The van der Waals surface area contributed by atoms with E-state index >= 15 is 0 Å². The zero-order valence-corrected chi connectivity index (χ0v) is 19.3. The van der Waals surface area contributed by atoms with Crippen molar-refractivity contribution in [2.24, 2.45) is 0 Å². The summed E-state index contributed by atoms with van der Waals surface area (Å²) in [6.45, 7) is 0.605. The number of sulfonamides is 1. The SMILES string of the molecule is O=S(=O)(c1ccc(-c2ccnc3[nH]ccc23)cc1)N1CCC(Nc2ccc(C(F)(F)F)cn2)CC1. The van der Waals surface area contributed by atoms with E-state index < -0.39 is 21.8 Å². The Labute approximate surface area is 200 Å². The number of piperidine rings is 1. The fourth-order valence-corrected chi connectivity index (χ4v) is 5.73. The van der Waals surface area contributed by atoms with Crippen LogP contribution in [0.15, 0.2) is 72.0 Å². The number of alkyl halides is 3. The molecule has 1 fully saturated rings. The number of hydrogen-bond acceptors (Lipinski definition) is 5. The zero-order valence-electron chi connectivity index (χ0n) is 18.5. The zero-order chi connectivity index (χ0) is 24.6. The second-order valence-corrected chi connectivity index (χ2v) is 10.3. The Morgan fingerprint density at radius 2 is 1.71 bits per heavy atom. The van der Waals surface area contributed by atoms with Gasteiger partial charge in [0.25, 0.3) is 0 Å². The molecule has 0 unspecified atom stereocenters. The summed E-state index contributed by atoms with van der Waals surface area (Å²) in [5.74, 6) is 0.336. The summed E-state index contributed by atoms with van der Waals surface area (Å²) in [4.78, 5) is 11.4. The van der Waals surface area contributed by atoms with E-state index in [9.17, 15) is 21.6 Å². The van der Waals surface area contributed by atoms with Crippen LogP contribution >= 0.6 is 0 Å². The normalized spacial score (nSPS) is 16.0. The number of H-pyrrole nitrogens is 1. The van der Waals surface area contributed by atoms with Gasteiger partial charge in [0.1, 0.15) is 11.5 Å². The minimum Gasteiger partial charge on any atom is -0.367 e. The van der Waals surface area contributed by atoms with Gasteiger partial charge in [-0.2, -0.15) is 17.5 Å². The van der Waals surface area contributed by atoms with Gasteiger partial charge in [-0.1, -0.05) is 12.1 Å². The fraction of sp³-hybridized carbons (Fsp3) is 0.250. The van der Waals surface area contributed by atoms with Gasteiger partial charge in [-0.05, 0) is 60.4 Å². The average molecular weight is 502 g/mol. The molecule has 0 saturated carbocycles. The van der Waals surface area contributed by atoms with Gasteiger partial charge in [-0.3, -0.25) is 0 Å². The van der Waals surface area contributed by atoms with Crippen LogP contribution < -0.4 is 5.32 Å². The van der Waals surface area contributed by atoms with Crippen molar-refractivity contribution < 1.29 is 21.6 Å². The minimum atomic E-state index is -4.43. The van der Waals surface area contributed by atoms with Crippen molar-refractivity contribution in [2.45, 2.75) is 30.0 Å². The van der Waals surface area contributed by atoms with Crippen molar-refractivity contribution >= 4 is 26.9 Å². The molecule has 5 rings (SSSR count). The molecular weight excluding hydrogens is 479 g/mol. The number of rotatable bonds is 5. The van der Waals surface area contributed by atoms with Crippen molar-refractivity contribution in [1.29, 1.82) is 0 Å². The first-order valence-electron chi connectivity index (χ1n) is 11.0. The highest BCUT2D eigenvalue weighted by atomic mass is 32.2. The molecule has 4 aromatic rings. The summed E-state index contributed by atoms with van der Waals surface area (Å²) >= 11 is 0. The molecule has 0 radical (unpaired) electrons. The summed E-state index contributed by atoms with van der Waals surface area (Å²) in [5.41, 5.74) is 1.81. The standard InChI is InChI=1S/C24H22F3N5O2S/c25-24(26,27)17-3-6-22(30-15-17)31-18-9-13-32(14-10-18)35(33,34)19-4-1-16(2-5-19)20-7-11-28-23-21(20)8-12-29-23/h1-8,11-12,15,18H,9-10,13-14H2,(H,28,29)(H,30,31). The maximum absolute atomic E-state index is 13.2.